The van der Waals surface area contributed by atoms with Gasteiger partial charge in [-0.05, 0) is 51.2 Å². The maximum absolute atomic E-state index is 15.3. The van der Waals surface area contributed by atoms with E-state index in [-0.39, 0.29) is 22.8 Å². The van der Waals surface area contributed by atoms with E-state index in [0.717, 1.165) is 36.1 Å². The van der Waals surface area contributed by atoms with Gasteiger partial charge in [0.05, 0.1) is 28.8 Å². The number of para-hydroxylation sites is 1. The molecular weight excluding hydrogens is 469 g/mol. The number of amides is 1. The molecule has 2 aliphatic heterocycles. The van der Waals surface area contributed by atoms with Crippen molar-refractivity contribution in [3.05, 3.63) is 51.9 Å². The van der Waals surface area contributed by atoms with Gasteiger partial charge in [-0.1, -0.05) is 12.1 Å². The molecule has 1 aromatic carbocycles. The monoisotopic (exact) mass is 495 g/mol. The molecule has 0 radical (unpaired) electrons. The number of hydrogen-bond acceptors (Lipinski definition) is 7. The Morgan fingerprint density at radius 3 is 2.69 bits per heavy atom. The van der Waals surface area contributed by atoms with Gasteiger partial charge < -0.3 is 19.9 Å². The molecule has 2 saturated heterocycles. The van der Waals surface area contributed by atoms with Crippen LogP contribution in [0.3, 0.4) is 0 Å². The van der Waals surface area contributed by atoms with Crippen LogP contribution in [-0.2, 0) is 4.74 Å². The third kappa shape index (κ3) is 3.85. The predicted molar refractivity (Wildman–Crippen MR) is 135 cm³/mol. The summed E-state index contributed by atoms with van der Waals surface area (Å²) < 4.78 is 23.4. The molecule has 5 heterocycles. The standard InChI is InChI=1S/C25H26FN5O3S/c1-29-8-6-15(7-9-29)27-24(33)20-21(32)16-14-17(26)23(30-10-12-34-13-11-30)28-22(16)31-18-4-2-3-5-19(18)35-25(20)31/h2-5,14-15H,6-13H2,1H3,(H,27,33). The van der Waals surface area contributed by atoms with E-state index in [0.29, 0.717) is 36.8 Å². The second-order valence-electron chi connectivity index (χ2n) is 9.23. The fourth-order valence-electron chi connectivity index (χ4n) is 5.01. The number of piperidine rings is 1. The minimum Gasteiger partial charge on any atom is -0.378 e. The summed E-state index contributed by atoms with van der Waals surface area (Å²) in [6.07, 6.45) is 1.65. The van der Waals surface area contributed by atoms with Gasteiger partial charge in [-0.2, -0.15) is 0 Å². The first kappa shape index (κ1) is 22.4. The molecule has 10 heteroatoms. The van der Waals surface area contributed by atoms with Crippen molar-refractivity contribution in [2.45, 2.75) is 18.9 Å². The number of likely N-dealkylation sites (tertiary alicyclic amines) is 1. The third-order valence-electron chi connectivity index (χ3n) is 6.94. The van der Waals surface area contributed by atoms with Gasteiger partial charge in [-0.3, -0.25) is 14.0 Å². The van der Waals surface area contributed by atoms with Gasteiger partial charge in [0, 0.05) is 19.1 Å². The number of ether oxygens (including phenoxy) is 1. The van der Waals surface area contributed by atoms with E-state index in [4.69, 9.17) is 4.74 Å². The summed E-state index contributed by atoms with van der Waals surface area (Å²) in [7, 11) is 2.06. The first-order valence-corrected chi connectivity index (χ1v) is 12.7. The van der Waals surface area contributed by atoms with Crippen molar-refractivity contribution in [2.24, 2.45) is 0 Å². The van der Waals surface area contributed by atoms with E-state index >= 15 is 4.39 Å². The van der Waals surface area contributed by atoms with E-state index in [1.807, 2.05) is 33.6 Å². The van der Waals surface area contributed by atoms with Crippen LogP contribution in [0.1, 0.15) is 23.2 Å². The Morgan fingerprint density at radius 1 is 1.17 bits per heavy atom. The number of morpholine rings is 1. The van der Waals surface area contributed by atoms with Crippen LogP contribution in [-0.4, -0.2) is 72.7 Å². The number of pyridine rings is 2. The fraction of sp³-hybridized carbons (Fsp3) is 0.400. The Labute approximate surface area is 204 Å². The molecule has 0 atom stereocenters. The number of hydrogen-bond donors (Lipinski definition) is 1. The number of thiazole rings is 1. The third-order valence-corrected chi connectivity index (χ3v) is 8.09. The molecule has 35 heavy (non-hydrogen) atoms. The average molecular weight is 496 g/mol. The summed E-state index contributed by atoms with van der Waals surface area (Å²) in [5.41, 5.74) is 0.758. The van der Waals surface area contributed by atoms with Crippen molar-refractivity contribution in [3.8, 4) is 0 Å². The Morgan fingerprint density at radius 2 is 1.91 bits per heavy atom. The molecule has 6 rings (SSSR count). The average Bonchev–Trinajstić information content (AvgIpc) is 3.25. The molecule has 0 spiro atoms. The number of aromatic nitrogens is 2. The quantitative estimate of drug-likeness (QED) is 0.471. The van der Waals surface area contributed by atoms with E-state index < -0.39 is 17.2 Å². The molecule has 0 unspecified atom stereocenters. The predicted octanol–water partition coefficient (Wildman–Crippen LogP) is 2.86. The van der Waals surface area contributed by atoms with Gasteiger partial charge in [-0.25, -0.2) is 9.37 Å². The van der Waals surface area contributed by atoms with E-state index in [1.54, 1.807) is 0 Å². The lowest BCUT2D eigenvalue weighted by Crippen LogP contribution is -2.44. The first-order valence-electron chi connectivity index (χ1n) is 11.9. The Kier molecular flexibility index (Phi) is 5.66. The van der Waals surface area contributed by atoms with Crippen LogP contribution in [0.2, 0.25) is 0 Å². The molecule has 0 bridgehead atoms. The molecule has 1 amide bonds. The minimum absolute atomic E-state index is 0.00165. The van der Waals surface area contributed by atoms with E-state index in [2.05, 4.69) is 22.2 Å². The molecule has 0 saturated carbocycles. The highest BCUT2D eigenvalue weighted by Crippen LogP contribution is 2.32. The maximum atomic E-state index is 15.3. The van der Waals surface area contributed by atoms with Crippen molar-refractivity contribution in [3.63, 3.8) is 0 Å². The van der Waals surface area contributed by atoms with Crippen LogP contribution in [0.15, 0.2) is 35.1 Å². The fourth-order valence-corrected chi connectivity index (χ4v) is 6.19. The summed E-state index contributed by atoms with van der Waals surface area (Å²) in [5, 5.41) is 3.17. The summed E-state index contributed by atoms with van der Waals surface area (Å²) in [5.74, 6) is -0.779. The molecule has 4 aromatic rings. The molecule has 2 aliphatic rings. The zero-order valence-electron chi connectivity index (χ0n) is 19.4. The number of anilines is 1. The lowest BCUT2D eigenvalue weighted by Gasteiger charge is -2.29. The largest absolute Gasteiger partial charge is 0.378 e. The van der Waals surface area contributed by atoms with Gasteiger partial charge >= 0.3 is 0 Å². The summed E-state index contributed by atoms with van der Waals surface area (Å²) >= 11 is 1.38. The Bertz CT molecular complexity index is 1500. The van der Waals surface area contributed by atoms with Crippen LogP contribution in [0.5, 0.6) is 0 Å². The van der Waals surface area contributed by atoms with Gasteiger partial charge in [0.15, 0.2) is 17.3 Å². The molecular formula is C25H26FN5O3S. The highest BCUT2D eigenvalue weighted by Gasteiger charge is 2.27. The van der Waals surface area contributed by atoms with Gasteiger partial charge in [0.25, 0.3) is 5.91 Å². The molecule has 3 aromatic heterocycles. The summed E-state index contributed by atoms with van der Waals surface area (Å²) in [4.78, 5) is 36.4. The Hall–Kier alpha value is -3.08. The minimum atomic E-state index is -0.572. The SMILES string of the molecule is CN1CCC(NC(=O)c2c(=O)c3cc(F)c(N4CCOCC4)nc3n3c2sc2ccccc23)CC1. The number of benzene rings is 1. The maximum Gasteiger partial charge on any atom is 0.258 e. The van der Waals surface area contributed by atoms with Gasteiger partial charge in [-0.15, -0.1) is 11.3 Å². The van der Waals surface area contributed by atoms with E-state index in [9.17, 15) is 9.59 Å². The van der Waals surface area contributed by atoms with Crippen molar-refractivity contribution >= 4 is 49.1 Å². The number of halogens is 1. The van der Waals surface area contributed by atoms with Crippen molar-refractivity contribution in [2.75, 3.05) is 51.3 Å². The highest BCUT2D eigenvalue weighted by molar-refractivity contribution is 7.24. The number of fused-ring (bicyclic) bond motifs is 5. The normalized spacial score (nSPS) is 18.1. The number of nitrogens with one attached hydrogen (secondary N) is 1. The number of nitrogens with zero attached hydrogens (tertiary/aromatic N) is 4. The number of rotatable bonds is 3. The van der Waals surface area contributed by atoms with Crippen LogP contribution >= 0.6 is 11.3 Å². The Balaban J connectivity index is 1.56. The number of carbonyl (C=O) groups excluding carboxylic acids is 1. The van der Waals surface area contributed by atoms with Crippen LogP contribution < -0.4 is 15.6 Å². The smallest absolute Gasteiger partial charge is 0.258 e. The lowest BCUT2D eigenvalue weighted by atomic mass is 10.0. The zero-order valence-corrected chi connectivity index (χ0v) is 20.2. The van der Waals surface area contributed by atoms with E-state index in [1.165, 1.54) is 17.4 Å². The van der Waals surface area contributed by atoms with Crippen LogP contribution in [0, 0.1) is 5.82 Å². The topological polar surface area (TPSA) is 79.2 Å². The van der Waals surface area contributed by atoms with Crippen LogP contribution in [0.25, 0.3) is 26.1 Å². The zero-order chi connectivity index (χ0) is 24.1. The van der Waals surface area contributed by atoms with Crippen LogP contribution in [0.4, 0.5) is 10.2 Å². The van der Waals surface area contributed by atoms with Crippen molar-refractivity contribution in [1.82, 2.24) is 19.6 Å². The second kappa shape index (κ2) is 8.85. The second-order valence-corrected chi connectivity index (χ2v) is 10.3. The molecule has 0 aliphatic carbocycles. The van der Waals surface area contributed by atoms with Gasteiger partial charge in [0.2, 0.25) is 5.43 Å². The van der Waals surface area contributed by atoms with Gasteiger partial charge in [0.1, 0.15) is 10.4 Å². The highest BCUT2D eigenvalue weighted by atomic mass is 32.1. The number of carbonyl (C=O) groups is 1. The van der Waals surface area contributed by atoms with Crippen molar-refractivity contribution < 1.29 is 13.9 Å². The summed E-state index contributed by atoms with van der Waals surface area (Å²) in [6, 6.07) is 8.95. The molecule has 2 fully saturated rings. The lowest BCUT2D eigenvalue weighted by molar-refractivity contribution is 0.0917. The first-order chi connectivity index (χ1) is 17.0. The molecule has 182 valence electrons. The molecule has 8 nitrogen and oxygen atoms in total. The molecule has 1 N–H and O–H groups in total. The van der Waals surface area contributed by atoms with Crippen molar-refractivity contribution in [1.29, 1.82) is 0 Å². The summed E-state index contributed by atoms with van der Waals surface area (Å²) in [6.45, 7) is 3.81.